The Bertz CT molecular complexity index is 2910. The highest BCUT2D eigenvalue weighted by atomic mass is 32.1. The quantitative estimate of drug-likeness (QED) is 0.0640. The summed E-state index contributed by atoms with van der Waals surface area (Å²) in [5.74, 6) is 1.51. The lowest BCUT2D eigenvalue weighted by atomic mass is 10.0. The van der Waals surface area contributed by atoms with Gasteiger partial charge in [-0.15, -0.1) is 11.3 Å². The summed E-state index contributed by atoms with van der Waals surface area (Å²) in [5, 5.41) is 15.3. The molecule has 0 radical (unpaired) electrons. The van der Waals surface area contributed by atoms with Crippen LogP contribution in [0.3, 0.4) is 0 Å². The highest BCUT2D eigenvalue weighted by molar-refractivity contribution is 7.07. The number of aryl methyl sites for hydroxylation is 5. The number of amides is 1. The number of carbonyl (C=O) groups is 1. The van der Waals surface area contributed by atoms with Gasteiger partial charge in [-0.2, -0.15) is 0 Å². The topological polar surface area (TPSA) is 125 Å². The third-order valence-electron chi connectivity index (χ3n) is 13.0. The van der Waals surface area contributed by atoms with Crippen LogP contribution < -0.4 is 15.4 Å². The second-order valence-electron chi connectivity index (χ2n) is 17.5. The monoisotopic (exact) mass is 924 g/mol. The van der Waals surface area contributed by atoms with Crippen molar-refractivity contribution in [3.8, 4) is 28.1 Å². The summed E-state index contributed by atoms with van der Waals surface area (Å²) in [7, 11) is 0. The van der Waals surface area contributed by atoms with E-state index in [0.29, 0.717) is 25.8 Å². The van der Waals surface area contributed by atoms with Crippen LogP contribution in [-0.2, 0) is 42.0 Å². The van der Waals surface area contributed by atoms with Crippen LogP contribution in [0.15, 0.2) is 88.2 Å². The Hall–Kier alpha value is -5.93. The van der Waals surface area contributed by atoms with Crippen LogP contribution in [0.4, 0.5) is 4.39 Å². The fourth-order valence-electron chi connectivity index (χ4n) is 9.48. The Labute approximate surface area is 395 Å². The molecule has 350 valence electrons. The molecule has 1 fully saturated rings. The summed E-state index contributed by atoms with van der Waals surface area (Å²) in [6.07, 6.45) is 5.69. The van der Waals surface area contributed by atoms with Crippen molar-refractivity contribution in [2.45, 2.75) is 85.4 Å². The number of morpholine rings is 1. The van der Waals surface area contributed by atoms with Crippen molar-refractivity contribution in [2.75, 3.05) is 52.5 Å². The average molecular weight is 925 g/mol. The number of nitrogens with one attached hydrogen (secondary N) is 2. The van der Waals surface area contributed by atoms with Crippen molar-refractivity contribution >= 4 is 50.1 Å². The van der Waals surface area contributed by atoms with Crippen molar-refractivity contribution < 1.29 is 23.2 Å². The number of ether oxygens (including phenoxy) is 2. The zero-order valence-electron chi connectivity index (χ0n) is 38.9. The highest BCUT2D eigenvalue weighted by Gasteiger charge is 2.19. The van der Waals surface area contributed by atoms with Gasteiger partial charge in [0.25, 0.3) is 0 Å². The summed E-state index contributed by atoms with van der Waals surface area (Å²) in [5.41, 5.74) is 13.6. The van der Waals surface area contributed by atoms with Crippen molar-refractivity contribution in [3.05, 3.63) is 118 Å². The molecule has 0 saturated carbocycles. The molecule has 1 aliphatic heterocycles. The Morgan fingerprint density at radius 1 is 0.836 bits per heavy atom. The van der Waals surface area contributed by atoms with E-state index in [1.807, 2.05) is 25.4 Å². The van der Waals surface area contributed by atoms with Crippen molar-refractivity contribution in [1.29, 1.82) is 0 Å². The molecule has 4 aromatic heterocycles. The molecule has 1 saturated heterocycles. The Balaban J connectivity index is 0.680. The number of halogens is 1. The van der Waals surface area contributed by atoms with E-state index in [4.69, 9.17) is 19.0 Å². The van der Waals surface area contributed by atoms with Crippen LogP contribution in [0.5, 0.6) is 5.75 Å². The smallest absolute Gasteiger partial charge is 0.220 e. The minimum absolute atomic E-state index is 0.00683. The lowest BCUT2D eigenvalue weighted by Crippen LogP contribution is -2.38. The zero-order valence-corrected chi connectivity index (χ0v) is 39.7. The molecular formula is C53H61FN8O4S. The first-order chi connectivity index (χ1) is 32.8. The summed E-state index contributed by atoms with van der Waals surface area (Å²) in [6.45, 7) is 14.3. The number of fused-ring (bicyclic) bond motifs is 4. The van der Waals surface area contributed by atoms with Gasteiger partial charge in [-0.25, -0.2) is 14.4 Å². The molecule has 2 N–H and O–H groups in total. The minimum atomic E-state index is -0.411. The average Bonchev–Trinajstić information content (AvgIpc) is 4.15. The fourth-order valence-corrected chi connectivity index (χ4v) is 10.0. The molecular weight excluding hydrogens is 864 g/mol. The molecule has 14 heteroatoms. The van der Waals surface area contributed by atoms with Crippen molar-refractivity contribution in [1.82, 2.24) is 39.8 Å². The van der Waals surface area contributed by atoms with Crippen LogP contribution in [0.25, 0.3) is 55.2 Å². The molecule has 0 aliphatic carbocycles. The van der Waals surface area contributed by atoms with Crippen LogP contribution in [0.1, 0.15) is 67.4 Å². The van der Waals surface area contributed by atoms with Gasteiger partial charge in [0.05, 0.1) is 47.7 Å². The number of aromatic nitrogens is 5. The molecule has 0 spiro atoms. The summed E-state index contributed by atoms with van der Waals surface area (Å²) in [4.78, 5) is 24.6. The maximum atomic E-state index is 15.3. The Kier molecular flexibility index (Phi) is 15.0. The first-order valence-corrected chi connectivity index (χ1v) is 24.8. The summed E-state index contributed by atoms with van der Waals surface area (Å²) < 4.78 is 36.7. The summed E-state index contributed by atoms with van der Waals surface area (Å²) in [6, 6.07) is 25.0. The molecule has 67 heavy (non-hydrogen) atoms. The van der Waals surface area contributed by atoms with Gasteiger partial charge in [0, 0.05) is 90.4 Å². The van der Waals surface area contributed by atoms with E-state index in [0.717, 1.165) is 141 Å². The second kappa shape index (κ2) is 21.8. The molecule has 9 rings (SSSR count). The van der Waals surface area contributed by atoms with Gasteiger partial charge < -0.3 is 33.8 Å². The van der Waals surface area contributed by atoms with Crippen molar-refractivity contribution in [3.63, 3.8) is 0 Å². The predicted octanol–water partition coefficient (Wildman–Crippen LogP) is 10.1. The van der Waals surface area contributed by atoms with Gasteiger partial charge in [0.15, 0.2) is 11.6 Å². The van der Waals surface area contributed by atoms with Gasteiger partial charge in [-0.05, 0) is 106 Å². The van der Waals surface area contributed by atoms with E-state index in [1.54, 1.807) is 23.5 Å². The number of thiazole rings is 1. The van der Waals surface area contributed by atoms with Crippen LogP contribution in [-0.4, -0.2) is 87.6 Å². The molecule has 0 unspecified atom stereocenters. The molecule has 5 heterocycles. The van der Waals surface area contributed by atoms with Crippen molar-refractivity contribution in [2.24, 2.45) is 0 Å². The number of carbonyl (C=O) groups excluding carboxylic acids is 1. The normalized spacial score (nSPS) is 13.4. The summed E-state index contributed by atoms with van der Waals surface area (Å²) >= 11 is 1.62. The van der Waals surface area contributed by atoms with E-state index >= 15 is 4.39 Å². The van der Waals surface area contributed by atoms with E-state index in [9.17, 15) is 4.79 Å². The van der Waals surface area contributed by atoms with Crippen LogP contribution >= 0.6 is 11.3 Å². The molecule has 1 aliphatic rings. The first-order valence-electron chi connectivity index (χ1n) is 23.9. The van der Waals surface area contributed by atoms with E-state index in [1.165, 1.54) is 27.4 Å². The molecule has 1 amide bonds. The number of hydrogen-bond acceptors (Lipinski definition) is 10. The van der Waals surface area contributed by atoms with E-state index < -0.39 is 5.82 Å². The molecule has 0 bridgehead atoms. The molecule has 12 nitrogen and oxygen atoms in total. The van der Waals surface area contributed by atoms with Gasteiger partial charge >= 0.3 is 0 Å². The SMILES string of the molecule is CCn1c2ccc(CNCCCCCCC(=O)NCCOc3ccc(CCc4nc5cc(-c6c(C)noc6C)ccc5n4CCN4CCOCC4)cc3F)cc2c2ccc(-c3cscn3)cc21. The van der Waals surface area contributed by atoms with Gasteiger partial charge in [-0.1, -0.05) is 48.3 Å². The largest absolute Gasteiger partial charge is 0.489 e. The standard InChI is InChI=1S/C53H61FN8O4S/c1-4-61-47-16-10-39(29-43(47)42-15-13-40(32-49(42)61)46-34-67-35-57-46)33-55-20-8-6-5-7-9-52(63)56-21-26-65-50-18-11-38(30-44(50)54)12-19-51-58-45-31-41(53-36(2)59-66-37(53)3)14-17-48(45)62(51)23-22-60-24-27-64-28-25-60/h10-11,13-18,29-32,34-35,55H,4-9,12,19-28,33H2,1-3H3,(H,56,63). The second-order valence-corrected chi connectivity index (χ2v) is 18.3. The Morgan fingerprint density at radius 2 is 1.67 bits per heavy atom. The maximum Gasteiger partial charge on any atom is 0.220 e. The number of nitrogens with zero attached hydrogens (tertiary/aromatic N) is 6. The predicted molar refractivity (Wildman–Crippen MR) is 265 cm³/mol. The number of unbranched alkanes of at least 4 members (excludes halogenated alkanes) is 3. The zero-order chi connectivity index (χ0) is 46.1. The minimum Gasteiger partial charge on any atom is -0.489 e. The Morgan fingerprint density at radius 3 is 2.48 bits per heavy atom. The third kappa shape index (κ3) is 10.9. The number of benzene rings is 4. The number of rotatable bonds is 22. The van der Waals surface area contributed by atoms with Crippen LogP contribution in [0, 0.1) is 19.7 Å². The lowest BCUT2D eigenvalue weighted by Gasteiger charge is -2.27. The van der Waals surface area contributed by atoms with Gasteiger partial charge in [0.2, 0.25) is 5.91 Å². The highest BCUT2D eigenvalue weighted by Crippen LogP contribution is 2.34. The lowest BCUT2D eigenvalue weighted by molar-refractivity contribution is -0.121. The fraction of sp³-hybridized carbons (Fsp3) is 0.396. The number of hydrogen-bond donors (Lipinski definition) is 2. The van der Waals surface area contributed by atoms with E-state index in [-0.39, 0.29) is 18.3 Å². The number of imidazole rings is 1. The van der Waals surface area contributed by atoms with Gasteiger partial charge in [-0.3, -0.25) is 9.69 Å². The first kappa shape index (κ1) is 46.2. The van der Waals surface area contributed by atoms with Crippen LogP contribution in [0.2, 0.25) is 0 Å². The van der Waals surface area contributed by atoms with Gasteiger partial charge in [0.1, 0.15) is 18.2 Å². The molecule has 8 aromatic rings. The maximum absolute atomic E-state index is 15.3. The third-order valence-corrected chi connectivity index (χ3v) is 13.6. The molecule has 0 atom stereocenters. The molecule has 4 aromatic carbocycles. The van der Waals surface area contributed by atoms with E-state index in [2.05, 4.69) is 102 Å².